The molecule has 0 aliphatic heterocycles. The maximum absolute atomic E-state index is 13.5. The number of para-hydroxylation sites is 2. The molecule has 1 heterocycles. The highest BCUT2D eigenvalue weighted by molar-refractivity contribution is 7.92. The molecule has 1 N–H and O–H groups in total. The second-order valence-corrected chi connectivity index (χ2v) is 10.6. The standard InChI is InChI=1S/C29H27N3O3S/c1-3-31-27-12-8-7-11-25(27)26-19-22(15-18-28(26)31)30-29(33)20-32(23-9-5-4-6-10-23)36(34,35)24-16-13-21(2)14-17-24/h4-19H,3,20H2,1-2H3,(H,30,33). The van der Waals surface area contributed by atoms with Gasteiger partial charge in [0.2, 0.25) is 5.91 Å². The first-order valence-corrected chi connectivity index (χ1v) is 13.3. The molecule has 5 rings (SSSR count). The normalized spacial score (nSPS) is 11.6. The van der Waals surface area contributed by atoms with Crippen LogP contribution in [0.25, 0.3) is 21.8 Å². The van der Waals surface area contributed by atoms with Gasteiger partial charge in [0.15, 0.2) is 0 Å². The third kappa shape index (κ3) is 4.33. The number of amides is 1. The van der Waals surface area contributed by atoms with Gasteiger partial charge in [-0.05, 0) is 62.4 Å². The molecule has 4 aromatic carbocycles. The van der Waals surface area contributed by atoms with Gasteiger partial charge in [0.25, 0.3) is 10.0 Å². The molecule has 1 amide bonds. The highest BCUT2D eigenvalue weighted by Crippen LogP contribution is 2.31. The average molecular weight is 498 g/mol. The van der Waals surface area contributed by atoms with E-state index in [4.69, 9.17) is 0 Å². The van der Waals surface area contributed by atoms with E-state index in [0.717, 1.165) is 38.2 Å². The number of fused-ring (bicyclic) bond motifs is 3. The van der Waals surface area contributed by atoms with Crippen molar-refractivity contribution >= 4 is 49.1 Å². The quantitative estimate of drug-likeness (QED) is 0.302. The molecule has 0 spiro atoms. The van der Waals surface area contributed by atoms with Gasteiger partial charge in [0.1, 0.15) is 6.54 Å². The Morgan fingerprint density at radius 3 is 2.22 bits per heavy atom. The molecule has 0 aliphatic carbocycles. The lowest BCUT2D eigenvalue weighted by atomic mass is 10.1. The lowest BCUT2D eigenvalue weighted by Crippen LogP contribution is -2.38. The molecule has 0 bridgehead atoms. The summed E-state index contributed by atoms with van der Waals surface area (Å²) in [4.78, 5) is 13.3. The van der Waals surface area contributed by atoms with Gasteiger partial charge in [0.05, 0.1) is 10.6 Å². The summed E-state index contributed by atoms with van der Waals surface area (Å²) >= 11 is 0. The molecular weight excluding hydrogens is 470 g/mol. The van der Waals surface area contributed by atoms with Gasteiger partial charge in [-0.2, -0.15) is 0 Å². The fourth-order valence-electron chi connectivity index (χ4n) is 4.55. The topological polar surface area (TPSA) is 71.4 Å². The van der Waals surface area contributed by atoms with Gasteiger partial charge in [-0.1, -0.05) is 54.1 Å². The van der Waals surface area contributed by atoms with E-state index >= 15 is 0 Å². The minimum atomic E-state index is -3.95. The Kier molecular flexibility index (Phi) is 6.24. The number of hydrogen-bond donors (Lipinski definition) is 1. The van der Waals surface area contributed by atoms with Crippen LogP contribution in [0.3, 0.4) is 0 Å². The SMILES string of the molecule is CCn1c2ccccc2c2cc(NC(=O)CN(c3ccccc3)S(=O)(=O)c3ccc(C)cc3)ccc21. The number of hydrogen-bond acceptors (Lipinski definition) is 3. The summed E-state index contributed by atoms with van der Waals surface area (Å²) in [6, 6.07) is 29.3. The molecule has 0 fully saturated rings. The fraction of sp³-hybridized carbons (Fsp3) is 0.138. The van der Waals surface area contributed by atoms with Crippen LogP contribution in [-0.4, -0.2) is 25.4 Å². The van der Waals surface area contributed by atoms with Crippen molar-refractivity contribution in [3.8, 4) is 0 Å². The van der Waals surface area contributed by atoms with E-state index in [0.29, 0.717) is 11.4 Å². The van der Waals surface area contributed by atoms with E-state index in [1.807, 2.05) is 43.3 Å². The maximum Gasteiger partial charge on any atom is 0.264 e. The fourth-order valence-corrected chi connectivity index (χ4v) is 5.97. The van der Waals surface area contributed by atoms with Crippen LogP contribution < -0.4 is 9.62 Å². The van der Waals surface area contributed by atoms with E-state index in [9.17, 15) is 13.2 Å². The summed E-state index contributed by atoms with van der Waals surface area (Å²) in [7, 11) is -3.95. The van der Waals surface area contributed by atoms with E-state index in [2.05, 4.69) is 28.9 Å². The second-order valence-electron chi connectivity index (χ2n) is 8.70. The summed E-state index contributed by atoms with van der Waals surface area (Å²) in [6.07, 6.45) is 0. The number of anilines is 2. The van der Waals surface area contributed by atoms with Crippen molar-refractivity contribution in [1.82, 2.24) is 4.57 Å². The van der Waals surface area contributed by atoms with Gasteiger partial charge in [-0.25, -0.2) is 8.42 Å². The third-order valence-corrected chi connectivity index (χ3v) is 8.10. The Bertz CT molecular complexity index is 1660. The van der Waals surface area contributed by atoms with Crippen molar-refractivity contribution < 1.29 is 13.2 Å². The van der Waals surface area contributed by atoms with Gasteiger partial charge in [0, 0.05) is 34.0 Å². The summed E-state index contributed by atoms with van der Waals surface area (Å²) < 4.78 is 30.4. The number of carbonyl (C=O) groups excluding carboxylic acids is 1. The summed E-state index contributed by atoms with van der Waals surface area (Å²) in [5.74, 6) is -0.423. The molecular formula is C29H27N3O3S. The zero-order chi connectivity index (χ0) is 25.3. The Labute approximate surface area is 210 Å². The first kappa shape index (κ1) is 23.6. The number of nitrogens with one attached hydrogen (secondary N) is 1. The summed E-state index contributed by atoms with van der Waals surface area (Å²) in [6.45, 7) is 4.48. The van der Waals surface area contributed by atoms with Gasteiger partial charge >= 0.3 is 0 Å². The zero-order valence-electron chi connectivity index (χ0n) is 20.2. The van der Waals surface area contributed by atoms with Crippen LogP contribution in [0.1, 0.15) is 12.5 Å². The van der Waals surface area contributed by atoms with E-state index in [-0.39, 0.29) is 11.4 Å². The van der Waals surface area contributed by atoms with Crippen LogP contribution in [0.5, 0.6) is 0 Å². The predicted octanol–water partition coefficient (Wildman–Crippen LogP) is 5.96. The molecule has 0 unspecified atom stereocenters. The van der Waals surface area contributed by atoms with Crippen molar-refractivity contribution in [3.05, 3.63) is 103 Å². The Morgan fingerprint density at radius 2 is 1.50 bits per heavy atom. The van der Waals surface area contributed by atoms with Crippen LogP contribution >= 0.6 is 0 Å². The highest BCUT2D eigenvalue weighted by atomic mass is 32.2. The molecule has 182 valence electrons. The van der Waals surface area contributed by atoms with Crippen molar-refractivity contribution in [2.24, 2.45) is 0 Å². The summed E-state index contributed by atoms with van der Waals surface area (Å²) in [5, 5.41) is 5.05. The Balaban J connectivity index is 1.47. The molecule has 7 heteroatoms. The third-order valence-electron chi connectivity index (χ3n) is 6.31. The van der Waals surface area contributed by atoms with Gasteiger partial charge in [-0.15, -0.1) is 0 Å². The van der Waals surface area contributed by atoms with Crippen LogP contribution in [-0.2, 0) is 21.4 Å². The molecule has 6 nitrogen and oxygen atoms in total. The van der Waals surface area contributed by atoms with Crippen LogP contribution in [0.4, 0.5) is 11.4 Å². The van der Waals surface area contributed by atoms with E-state index in [1.165, 1.54) is 0 Å². The maximum atomic E-state index is 13.5. The minimum Gasteiger partial charge on any atom is -0.341 e. The number of aromatic nitrogens is 1. The zero-order valence-corrected chi connectivity index (χ0v) is 21.0. The highest BCUT2D eigenvalue weighted by Gasteiger charge is 2.27. The number of carbonyl (C=O) groups is 1. The first-order chi connectivity index (χ1) is 17.4. The van der Waals surface area contributed by atoms with Gasteiger partial charge < -0.3 is 9.88 Å². The molecule has 5 aromatic rings. The largest absolute Gasteiger partial charge is 0.341 e. The molecule has 0 atom stereocenters. The number of aryl methyl sites for hydroxylation is 2. The monoisotopic (exact) mass is 497 g/mol. The molecule has 0 aliphatic rings. The molecule has 1 aromatic heterocycles. The van der Waals surface area contributed by atoms with Crippen LogP contribution in [0.15, 0.2) is 102 Å². The van der Waals surface area contributed by atoms with E-state index in [1.54, 1.807) is 48.5 Å². The van der Waals surface area contributed by atoms with Crippen LogP contribution in [0, 0.1) is 6.92 Å². The molecule has 36 heavy (non-hydrogen) atoms. The lowest BCUT2D eigenvalue weighted by Gasteiger charge is -2.24. The second kappa shape index (κ2) is 9.51. The van der Waals surface area contributed by atoms with Gasteiger partial charge in [-0.3, -0.25) is 9.10 Å². The molecule has 0 saturated heterocycles. The number of sulfonamides is 1. The Hall–Kier alpha value is -4.10. The van der Waals surface area contributed by atoms with Crippen molar-refractivity contribution in [3.63, 3.8) is 0 Å². The Morgan fingerprint density at radius 1 is 0.833 bits per heavy atom. The number of benzene rings is 4. The minimum absolute atomic E-state index is 0.138. The lowest BCUT2D eigenvalue weighted by molar-refractivity contribution is -0.114. The average Bonchev–Trinajstić information content (AvgIpc) is 3.21. The summed E-state index contributed by atoms with van der Waals surface area (Å²) in [5.41, 5.74) is 4.22. The van der Waals surface area contributed by atoms with Crippen LogP contribution in [0.2, 0.25) is 0 Å². The molecule has 0 radical (unpaired) electrons. The van der Waals surface area contributed by atoms with Crippen molar-refractivity contribution in [1.29, 1.82) is 0 Å². The van der Waals surface area contributed by atoms with Crippen molar-refractivity contribution in [2.75, 3.05) is 16.2 Å². The van der Waals surface area contributed by atoms with Crippen molar-refractivity contribution in [2.45, 2.75) is 25.3 Å². The predicted molar refractivity (Wildman–Crippen MR) is 146 cm³/mol. The smallest absolute Gasteiger partial charge is 0.264 e. The first-order valence-electron chi connectivity index (χ1n) is 11.8. The molecule has 0 saturated carbocycles. The number of rotatable bonds is 7. The number of nitrogens with zero attached hydrogens (tertiary/aromatic N) is 2. The van der Waals surface area contributed by atoms with E-state index < -0.39 is 15.9 Å².